The lowest BCUT2D eigenvalue weighted by molar-refractivity contribution is -0.123. The van der Waals surface area contributed by atoms with Crippen LogP contribution in [0.15, 0.2) is 30.3 Å². The van der Waals surface area contributed by atoms with Crippen molar-refractivity contribution in [2.45, 2.75) is 18.5 Å². The van der Waals surface area contributed by atoms with E-state index in [1.54, 1.807) is 11.8 Å². The molecule has 86 valence electrons. The second-order valence-corrected chi connectivity index (χ2v) is 5.19. The third kappa shape index (κ3) is 2.39. The lowest BCUT2D eigenvalue weighted by Crippen LogP contribution is -2.55. The molecule has 0 aliphatic carbocycles. The number of hydrogen-bond acceptors (Lipinski definition) is 3. The van der Waals surface area contributed by atoms with Crippen molar-refractivity contribution in [2.75, 3.05) is 11.5 Å². The van der Waals surface area contributed by atoms with Crippen LogP contribution in [0.2, 0.25) is 0 Å². The zero-order chi connectivity index (χ0) is 11.4. The maximum absolute atomic E-state index is 11.5. The van der Waals surface area contributed by atoms with E-state index in [9.17, 15) is 4.79 Å². The second kappa shape index (κ2) is 4.89. The summed E-state index contributed by atoms with van der Waals surface area (Å²) >= 11 is 1.78. The van der Waals surface area contributed by atoms with E-state index < -0.39 is 5.54 Å². The topological polar surface area (TPSA) is 55.1 Å². The minimum absolute atomic E-state index is 0.228. The summed E-state index contributed by atoms with van der Waals surface area (Å²) in [6.07, 6.45) is 0.833. The molecular weight excluding hydrogens is 220 g/mol. The molecule has 0 aromatic heterocycles. The third-order valence-electron chi connectivity index (χ3n) is 2.97. The summed E-state index contributed by atoms with van der Waals surface area (Å²) in [7, 11) is 0. The molecule has 1 fully saturated rings. The molecule has 0 bridgehead atoms. The SMILES string of the molecule is NC(=O)C1(NCc2ccccc2)CCSC1. The van der Waals surface area contributed by atoms with E-state index in [0.29, 0.717) is 6.54 Å². The van der Waals surface area contributed by atoms with Crippen molar-refractivity contribution in [1.82, 2.24) is 5.32 Å². The molecule has 1 amide bonds. The Kier molecular flexibility index (Phi) is 3.51. The van der Waals surface area contributed by atoms with E-state index in [0.717, 1.165) is 17.9 Å². The van der Waals surface area contributed by atoms with Gasteiger partial charge in [-0.15, -0.1) is 0 Å². The highest BCUT2D eigenvalue weighted by Crippen LogP contribution is 2.28. The Morgan fingerprint density at radius 2 is 2.19 bits per heavy atom. The van der Waals surface area contributed by atoms with Crippen LogP contribution in [0.5, 0.6) is 0 Å². The monoisotopic (exact) mass is 236 g/mol. The summed E-state index contributed by atoms with van der Waals surface area (Å²) in [4.78, 5) is 11.5. The zero-order valence-corrected chi connectivity index (χ0v) is 9.93. The van der Waals surface area contributed by atoms with E-state index in [1.165, 1.54) is 5.56 Å². The molecule has 3 N–H and O–H groups in total. The average molecular weight is 236 g/mol. The summed E-state index contributed by atoms with van der Waals surface area (Å²) in [5.74, 6) is 1.56. The first-order valence-corrected chi connectivity index (χ1v) is 6.55. The summed E-state index contributed by atoms with van der Waals surface area (Å²) < 4.78 is 0. The number of nitrogens with two attached hydrogens (primary N) is 1. The quantitative estimate of drug-likeness (QED) is 0.824. The first-order valence-electron chi connectivity index (χ1n) is 5.40. The van der Waals surface area contributed by atoms with Crippen molar-refractivity contribution in [1.29, 1.82) is 0 Å². The highest BCUT2D eigenvalue weighted by Gasteiger charge is 2.39. The van der Waals surface area contributed by atoms with Gasteiger partial charge in [-0.1, -0.05) is 30.3 Å². The van der Waals surface area contributed by atoms with Gasteiger partial charge in [0.2, 0.25) is 5.91 Å². The smallest absolute Gasteiger partial charge is 0.238 e. The van der Waals surface area contributed by atoms with Gasteiger partial charge in [0, 0.05) is 12.3 Å². The van der Waals surface area contributed by atoms with Crippen molar-refractivity contribution >= 4 is 17.7 Å². The van der Waals surface area contributed by atoms with Gasteiger partial charge >= 0.3 is 0 Å². The van der Waals surface area contributed by atoms with Crippen molar-refractivity contribution in [2.24, 2.45) is 5.73 Å². The number of benzene rings is 1. The Balaban J connectivity index is 2.00. The summed E-state index contributed by atoms with van der Waals surface area (Å²) in [5.41, 5.74) is 6.16. The standard InChI is InChI=1S/C12H16N2OS/c13-11(15)12(6-7-16-9-12)14-8-10-4-2-1-3-5-10/h1-5,14H,6-9H2,(H2,13,15). The molecule has 0 spiro atoms. The van der Waals surface area contributed by atoms with Gasteiger partial charge in [0.25, 0.3) is 0 Å². The molecule has 1 aliphatic heterocycles. The summed E-state index contributed by atoms with van der Waals surface area (Å²) in [5, 5.41) is 3.32. The van der Waals surface area contributed by atoms with E-state index in [2.05, 4.69) is 5.32 Å². The van der Waals surface area contributed by atoms with Gasteiger partial charge in [-0.2, -0.15) is 11.8 Å². The highest BCUT2D eigenvalue weighted by atomic mass is 32.2. The van der Waals surface area contributed by atoms with Crippen LogP contribution in [0.3, 0.4) is 0 Å². The predicted molar refractivity (Wildman–Crippen MR) is 67.1 cm³/mol. The van der Waals surface area contributed by atoms with E-state index >= 15 is 0 Å². The number of carbonyl (C=O) groups is 1. The van der Waals surface area contributed by atoms with Crippen LogP contribution < -0.4 is 11.1 Å². The fraction of sp³-hybridized carbons (Fsp3) is 0.417. The lowest BCUT2D eigenvalue weighted by Gasteiger charge is -2.25. The molecule has 4 heteroatoms. The number of rotatable bonds is 4. The largest absolute Gasteiger partial charge is 0.368 e. The molecule has 1 heterocycles. The Labute approximate surface area is 99.8 Å². The summed E-state index contributed by atoms with van der Waals surface area (Å²) in [6.45, 7) is 0.699. The molecule has 1 aromatic rings. The van der Waals surface area contributed by atoms with E-state index in [-0.39, 0.29) is 5.91 Å². The zero-order valence-electron chi connectivity index (χ0n) is 9.11. The fourth-order valence-corrected chi connectivity index (χ4v) is 3.23. The molecular formula is C12H16N2OS. The minimum atomic E-state index is -0.499. The minimum Gasteiger partial charge on any atom is -0.368 e. The van der Waals surface area contributed by atoms with Crippen molar-refractivity contribution in [3.05, 3.63) is 35.9 Å². The molecule has 2 rings (SSSR count). The van der Waals surface area contributed by atoms with Gasteiger partial charge in [0.15, 0.2) is 0 Å². The highest BCUT2D eigenvalue weighted by molar-refractivity contribution is 7.99. The second-order valence-electron chi connectivity index (χ2n) is 4.09. The number of nitrogens with one attached hydrogen (secondary N) is 1. The van der Waals surface area contributed by atoms with Crippen LogP contribution in [-0.2, 0) is 11.3 Å². The van der Waals surface area contributed by atoms with Gasteiger partial charge in [0.05, 0.1) is 0 Å². The summed E-state index contributed by atoms with van der Waals surface area (Å²) in [6, 6.07) is 10.1. The lowest BCUT2D eigenvalue weighted by atomic mass is 9.97. The van der Waals surface area contributed by atoms with Gasteiger partial charge in [-0.3, -0.25) is 10.1 Å². The molecule has 1 unspecified atom stereocenters. The Bertz CT molecular complexity index is 361. The maximum Gasteiger partial charge on any atom is 0.238 e. The molecule has 3 nitrogen and oxygen atoms in total. The first kappa shape index (κ1) is 11.5. The van der Waals surface area contributed by atoms with Crippen LogP contribution in [0.25, 0.3) is 0 Å². The van der Waals surface area contributed by atoms with Gasteiger partial charge in [-0.25, -0.2) is 0 Å². The van der Waals surface area contributed by atoms with Crippen molar-refractivity contribution in [3.63, 3.8) is 0 Å². The molecule has 0 saturated carbocycles. The molecule has 16 heavy (non-hydrogen) atoms. The number of primary amides is 1. The van der Waals surface area contributed by atoms with Gasteiger partial charge in [-0.05, 0) is 17.7 Å². The van der Waals surface area contributed by atoms with Crippen LogP contribution in [0, 0.1) is 0 Å². The maximum atomic E-state index is 11.5. The number of hydrogen-bond donors (Lipinski definition) is 2. The van der Waals surface area contributed by atoms with Crippen molar-refractivity contribution in [3.8, 4) is 0 Å². The molecule has 0 radical (unpaired) electrons. The van der Waals surface area contributed by atoms with Gasteiger partial charge in [0.1, 0.15) is 5.54 Å². The Morgan fingerprint density at radius 1 is 1.44 bits per heavy atom. The number of amides is 1. The van der Waals surface area contributed by atoms with Gasteiger partial charge < -0.3 is 5.73 Å². The first-order chi connectivity index (χ1) is 7.73. The van der Waals surface area contributed by atoms with E-state index in [4.69, 9.17) is 5.73 Å². The normalized spacial score (nSPS) is 24.5. The van der Waals surface area contributed by atoms with Crippen molar-refractivity contribution < 1.29 is 4.79 Å². The molecule has 1 aliphatic rings. The third-order valence-corrected chi connectivity index (χ3v) is 4.16. The van der Waals surface area contributed by atoms with Crippen LogP contribution in [0.4, 0.5) is 0 Å². The number of carbonyl (C=O) groups excluding carboxylic acids is 1. The van der Waals surface area contributed by atoms with E-state index in [1.807, 2.05) is 30.3 Å². The fourth-order valence-electron chi connectivity index (χ4n) is 1.85. The van der Waals surface area contributed by atoms with Crippen LogP contribution in [-0.4, -0.2) is 23.0 Å². The Hall–Kier alpha value is -1.00. The average Bonchev–Trinajstić information content (AvgIpc) is 2.78. The number of thioether (sulfide) groups is 1. The van der Waals surface area contributed by atoms with Crippen LogP contribution >= 0.6 is 11.8 Å². The molecule has 1 saturated heterocycles. The molecule has 1 aromatic carbocycles. The molecule has 1 atom stereocenters. The Morgan fingerprint density at radius 3 is 2.75 bits per heavy atom. The van der Waals surface area contributed by atoms with Crippen LogP contribution in [0.1, 0.15) is 12.0 Å². The predicted octanol–water partition coefficient (Wildman–Crippen LogP) is 1.14.